The first kappa shape index (κ1) is 28.7. The highest BCUT2D eigenvalue weighted by Crippen LogP contribution is 2.16. The van der Waals surface area contributed by atoms with Gasteiger partial charge in [0.05, 0.1) is 0 Å². The van der Waals surface area contributed by atoms with E-state index >= 15 is 0 Å². The van der Waals surface area contributed by atoms with Crippen molar-refractivity contribution in [3.63, 3.8) is 0 Å². The molecule has 0 aliphatic heterocycles. The third kappa shape index (κ3) is 23.8. The zero-order chi connectivity index (χ0) is 21.8. The molecule has 0 bridgehead atoms. The Balaban J connectivity index is 3.14. The van der Waals surface area contributed by atoms with Gasteiger partial charge in [0.15, 0.2) is 0 Å². The predicted octanol–water partition coefficient (Wildman–Crippen LogP) is 9.43. The van der Waals surface area contributed by atoms with E-state index in [1.807, 2.05) is 0 Å². The Bertz CT molecular complexity index is 362. The first-order valence-corrected chi connectivity index (χ1v) is 16.5. The molecule has 0 rings (SSSR count). The standard InChI is InChI=1S/C26H54O2Si/c1-6-25(2)23-21-19-17-15-13-11-9-7-8-10-12-14-16-18-20-22-24-26(27)28-29(3,4)5/h25H,6-24H2,1-5H3. The van der Waals surface area contributed by atoms with Crippen molar-refractivity contribution in [2.45, 2.75) is 155 Å². The zero-order valence-corrected chi connectivity index (χ0v) is 21.8. The van der Waals surface area contributed by atoms with Crippen molar-refractivity contribution in [3.05, 3.63) is 0 Å². The largest absolute Gasteiger partial charge is 0.520 e. The SMILES string of the molecule is CCC(C)CCCCCCCCCCCCCCCCCCC(=O)O[Si](C)(C)C. The summed E-state index contributed by atoms with van der Waals surface area (Å²) in [7, 11) is -1.69. The van der Waals surface area contributed by atoms with Crippen LogP contribution in [0.25, 0.3) is 0 Å². The van der Waals surface area contributed by atoms with Crippen molar-refractivity contribution in [2.75, 3.05) is 0 Å². The van der Waals surface area contributed by atoms with Crippen molar-refractivity contribution >= 4 is 14.3 Å². The molecule has 0 amide bonds. The van der Waals surface area contributed by atoms with Crippen molar-refractivity contribution in [1.29, 1.82) is 0 Å². The van der Waals surface area contributed by atoms with E-state index in [1.54, 1.807) is 0 Å². The van der Waals surface area contributed by atoms with Gasteiger partial charge in [0.2, 0.25) is 8.32 Å². The van der Waals surface area contributed by atoms with Crippen LogP contribution in [0, 0.1) is 5.92 Å². The maximum atomic E-state index is 11.7. The van der Waals surface area contributed by atoms with Crippen LogP contribution in [0.5, 0.6) is 0 Å². The maximum absolute atomic E-state index is 11.7. The van der Waals surface area contributed by atoms with Gasteiger partial charge in [-0.3, -0.25) is 4.79 Å². The first-order chi connectivity index (χ1) is 13.8. The van der Waals surface area contributed by atoms with Crippen LogP contribution < -0.4 is 0 Å². The molecule has 0 fully saturated rings. The number of hydrogen-bond donors (Lipinski definition) is 0. The average Bonchev–Trinajstić information content (AvgIpc) is 2.65. The Morgan fingerprint density at radius 1 is 0.655 bits per heavy atom. The summed E-state index contributed by atoms with van der Waals surface area (Å²) in [6.45, 7) is 10.9. The molecule has 0 saturated carbocycles. The predicted molar refractivity (Wildman–Crippen MR) is 132 cm³/mol. The summed E-state index contributed by atoms with van der Waals surface area (Å²) in [5, 5.41) is 0. The minimum Gasteiger partial charge on any atom is -0.520 e. The maximum Gasteiger partial charge on any atom is 0.292 e. The molecule has 0 aromatic heterocycles. The average molecular weight is 427 g/mol. The number of rotatable bonds is 21. The first-order valence-electron chi connectivity index (χ1n) is 13.1. The van der Waals surface area contributed by atoms with Crippen LogP contribution in [0.2, 0.25) is 19.6 Å². The van der Waals surface area contributed by atoms with Crippen LogP contribution in [0.1, 0.15) is 136 Å². The van der Waals surface area contributed by atoms with Gasteiger partial charge in [-0.15, -0.1) is 0 Å². The fourth-order valence-electron chi connectivity index (χ4n) is 3.83. The Hall–Kier alpha value is -0.313. The molecule has 0 aliphatic carbocycles. The molecule has 29 heavy (non-hydrogen) atoms. The molecule has 0 spiro atoms. The summed E-state index contributed by atoms with van der Waals surface area (Å²) in [4.78, 5) is 11.7. The zero-order valence-electron chi connectivity index (χ0n) is 20.8. The van der Waals surface area contributed by atoms with E-state index in [4.69, 9.17) is 4.43 Å². The lowest BCUT2D eigenvalue weighted by Crippen LogP contribution is -2.28. The highest BCUT2D eigenvalue weighted by atomic mass is 28.4. The van der Waals surface area contributed by atoms with Gasteiger partial charge in [0, 0.05) is 6.42 Å². The molecule has 0 radical (unpaired) electrons. The summed E-state index contributed by atoms with van der Waals surface area (Å²) in [5.74, 6) is 0.950. The van der Waals surface area contributed by atoms with Gasteiger partial charge in [-0.05, 0) is 32.0 Å². The molecular formula is C26H54O2Si. The Labute approximate surface area is 185 Å². The van der Waals surface area contributed by atoms with Crippen molar-refractivity contribution in [3.8, 4) is 0 Å². The van der Waals surface area contributed by atoms with Crippen LogP contribution in [-0.4, -0.2) is 14.3 Å². The van der Waals surface area contributed by atoms with Gasteiger partial charge < -0.3 is 4.43 Å². The smallest absolute Gasteiger partial charge is 0.292 e. The lowest BCUT2D eigenvalue weighted by Gasteiger charge is -2.17. The minimum absolute atomic E-state index is 0.0192. The summed E-state index contributed by atoms with van der Waals surface area (Å²) < 4.78 is 5.48. The molecule has 2 nitrogen and oxygen atoms in total. The Kier molecular flexibility index (Phi) is 19.4. The number of unbranched alkanes of at least 4 members (excludes halogenated alkanes) is 15. The topological polar surface area (TPSA) is 26.3 Å². The van der Waals surface area contributed by atoms with Crippen LogP contribution in [0.4, 0.5) is 0 Å². The van der Waals surface area contributed by atoms with E-state index in [9.17, 15) is 4.79 Å². The summed E-state index contributed by atoms with van der Waals surface area (Å²) in [5.41, 5.74) is 0. The third-order valence-corrected chi connectivity index (χ3v) is 6.78. The van der Waals surface area contributed by atoms with Crippen LogP contribution in [0.3, 0.4) is 0 Å². The fourth-order valence-corrected chi connectivity index (χ4v) is 4.62. The highest BCUT2D eigenvalue weighted by molar-refractivity contribution is 6.71. The van der Waals surface area contributed by atoms with Gasteiger partial charge in [0.25, 0.3) is 5.97 Å². The van der Waals surface area contributed by atoms with Gasteiger partial charge in [-0.25, -0.2) is 0 Å². The Morgan fingerprint density at radius 2 is 1.00 bits per heavy atom. The summed E-state index contributed by atoms with van der Waals surface area (Å²) in [6, 6.07) is 0. The molecule has 1 atom stereocenters. The van der Waals surface area contributed by atoms with E-state index in [1.165, 1.54) is 109 Å². The number of carbonyl (C=O) groups is 1. The van der Waals surface area contributed by atoms with Gasteiger partial charge >= 0.3 is 0 Å². The molecule has 0 aliphatic rings. The molecule has 1 unspecified atom stereocenters. The normalized spacial score (nSPS) is 12.9. The molecule has 0 heterocycles. The number of hydrogen-bond acceptors (Lipinski definition) is 2. The Morgan fingerprint density at radius 3 is 1.34 bits per heavy atom. The highest BCUT2D eigenvalue weighted by Gasteiger charge is 2.19. The molecule has 0 aromatic rings. The lowest BCUT2D eigenvalue weighted by molar-refractivity contribution is -0.135. The quantitative estimate of drug-likeness (QED) is 0.135. The van der Waals surface area contributed by atoms with Crippen molar-refractivity contribution < 1.29 is 9.22 Å². The van der Waals surface area contributed by atoms with E-state index in [0.29, 0.717) is 6.42 Å². The van der Waals surface area contributed by atoms with Crippen molar-refractivity contribution in [2.24, 2.45) is 5.92 Å². The summed E-state index contributed by atoms with van der Waals surface area (Å²) in [6.07, 6.45) is 25.4. The second-order valence-corrected chi connectivity index (χ2v) is 14.7. The molecule has 0 N–H and O–H groups in total. The molecule has 0 saturated heterocycles. The van der Waals surface area contributed by atoms with E-state index in [2.05, 4.69) is 33.5 Å². The monoisotopic (exact) mass is 426 g/mol. The van der Waals surface area contributed by atoms with Crippen LogP contribution >= 0.6 is 0 Å². The van der Waals surface area contributed by atoms with Gasteiger partial charge in [-0.2, -0.15) is 0 Å². The van der Waals surface area contributed by atoms with Gasteiger partial charge in [0.1, 0.15) is 0 Å². The third-order valence-electron chi connectivity index (χ3n) is 5.94. The second kappa shape index (κ2) is 19.6. The van der Waals surface area contributed by atoms with Crippen LogP contribution in [0.15, 0.2) is 0 Å². The second-order valence-electron chi connectivity index (χ2n) is 10.3. The number of carbonyl (C=O) groups excluding carboxylic acids is 1. The van der Waals surface area contributed by atoms with E-state index in [0.717, 1.165) is 12.3 Å². The van der Waals surface area contributed by atoms with Gasteiger partial charge in [-0.1, -0.05) is 123 Å². The van der Waals surface area contributed by atoms with Crippen molar-refractivity contribution in [1.82, 2.24) is 0 Å². The molecule has 174 valence electrons. The minimum atomic E-state index is -1.69. The summed E-state index contributed by atoms with van der Waals surface area (Å²) >= 11 is 0. The lowest BCUT2D eigenvalue weighted by atomic mass is 9.99. The van der Waals surface area contributed by atoms with E-state index < -0.39 is 8.32 Å². The fraction of sp³-hybridized carbons (Fsp3) is 0.962. The van der Waals surface area contributed by atoms with E-state index in [-0.39, 0.29) is 5.97 Å². The molecule has 3 heteroatoms. The van der Waals surface area contributed by atoms with Crippen LogP contribution in [-0.2, 0) is 9.22 Å². The molecule has 0 aromatic carbocycles. The molecular weight excluding hydrogens is 372 g/mol.